The van der Waals surface area contributed by atoms with Crippen LogP contribution in [0.1, 0.15) is 44.9 Å². The highest BCUT2D eigenvalue weighted by molar-refractivity contribution is 5.90. The van der Waals surface area contributed by atoms with Crippen LogP contribution in [0.5, 0.6) is 0 Å². The highest BCUT2D eigenvalue weighted by Crippen LogP contribution is 2.22. The van der Waals surface area contributed by atoms with E-state index in [1.54, 1.807) is 18.2 Å². The molecule has 0 aliphatic carbocycles. The van der Waals surface area contributed by atoms with Gasteiger partial charge in [-0.15, -0.1) is 0 Å². The molecular formula is C20H28FN3O2. The molecule has 2 heterocycles. The van der Waals surface area contributed by atoms with Gasteiger partial charge in [0.25, 0.3) is 0 Å². The first-order valence-corrected chi connectivity index (χ1v) is 9.69. The molecule has 0 radical (unpaired) electrons. The van der Waals surface area contributed by atoms with Crippen molar-refractivity contribution in [1.82, 2.24) is 9.80 Å². The Labute approximate surface area is 154 Å². The quantitative estimate of drug-likeness (QED) is 0.812. The molecule has 0 saturated carbocycles. The van der Waals surface area contributed by atoms with Crippen LogP contribution in [0.15, 0.2) is 24.3 Å². The van der Waals surface area contributed by atoms with Crippen molar-refractivity contribution in [2.75, 3.05) is 31.5 Å². The minimum Gasteiger partial charge on any atom is -0.343 e. The van der Waals surface area contributed by atoms with Crippen molar-refractivity contribution in [2.24, 2.45) is 0 Å². The van der Waals surface area contributed by atoms with E-state index in [4.69, 9.17) is 0 Å². The average molecular weight is 361 g/mol. The summed E-state index contributed by atoms with van der Waals surface area (Å²) in [7, 11) is 0. The van der Waals surface area contributed by atoms with E-state index < -0.39 is 5.82 Å². The van der Waals surface area contributed by atoms with Crippen molar-refractivity contribution in [2.45, 2.75) is 51.0 Å². The molecule has 1 aromatic carbocycles. The number of piperidine rings is 1. The maximum atomic E-state index is 13.6. The van der Waals surface area contributed by atoms with Crippen molar-refractivity contribution in [3.05, 3.63) is 30.1 Å². The van der Waals surface area contributed by atoms with E-state index in [1.165, 1.54) is 12.5 Å². The van der Waals surface area contributed by atoms with E-state index >= 15 is 0 Å². The van der Waals surface area contributed by atoms with Gasteiger partial charge in [-0.3, -0.25) is 14.5 Å². The van der Waals surface area contributed by atoms with Crippen LogP contribution >= 0.6 is 0 Å². The topological polar surface area (TPSA) is 52.7 Å². The SMILES string of the molecule is O=C(CCN1CCCC[C@H]1CCN1CCCC1=O)Nc1ccccc1F. The zero-order chi connectivity index (χ0) is 18.4. The van der Waals surface area contributed by atoms with E-state index in [-0.39, 0.29) is 17.5 Å². The summed E-state index contributed by atoms with van der Waals surface area (Å²) < 4.78 is 13.6. The molecule has 0 unspecified atom stereocenters. The predicted octanol–water partition coefficient (Wildman–Crippen LogP) is 3.02. The Morgan fingerprint density at radius 2 is 2.00 bits per heavy atom. The highest BCUT2D eigenvalue weighted by atomic mass is 19.1. The molecule has 1 N–H and O–H groups in total. The van der Waals surface area contributed by atoms with E-state index in [0.29, 0.717) is 25.4 Å². The Morgan fingerprint density at radius 3 is 2.77 bits per heavy atom. The average Bonchev–Trinajstić information content (AvgIpc) is 3.06. The monoisotopic (exact) mass is 361 g/mol. The van der Waals surface area contributed by atoms with Gasteiger partial charge in [-0.05, 0) is 44.4 Å². The lowest BCUT2D eigenvalue weighted by Gasteiger charge is -2.36. The zero-order valence-corrected chi connectivity index (χ0v) is 15.3. The first-order chi connectivity index (χ1) is 12.6. The standard InChI is InChI=1S/C20H28FN3O2/c21-17-7-1-2-8-18(17)22-19(25)11-15-23-12-4-3-6-16(23)10-14-24-13-5-9-20(24)26/h1-2,7-8,16H,3-6,9-15H2,(H,22,25)/t16-/m0/s1. The summed E-state index contributed by atoms with van der Waals surface area (Å²) in [6.45, 7) is 3.38. The van der Waals surface area contributed by atoms with Crippen molar-refractivity contribution < 1.29 is 14.0 Å². The van der Waals surface area contributed by atoms with E-state index in [1.807, 2.05) is 4.90 Å². The Morgan fingerprint density at radius 1 is 1.15 bits per heavy atom. The lowest BCUT2D eigenvalue weighted by molar-refractivity contribution is -0.127. The number of nitrogens with zero attached hydrogens (tertiary/aromatic N) is 2. The number of amides is 2. The Balaban J connectivity index is 1.46. The van der Waals surface area contributed by atoms with Gasteiger partial charge in [0.1, 0.15) is 5.82 Å². The molecular weight excluding hydrogens is 333 g/mol. The second kappa shape index (κ2) is 9.12. The molecule has 26 heavy (non-hydrogen) atoms. The van der Waals surface area contributed by atoms with Gasteiger partial charge in [-0.1, -0.05) is 18.6 Å². The Kier molecular flexibility index (Phi) is 6.61. The van der Waals surface area contributed by atoms with Gasteiger partial charge < -0.3 is 10.2 Å². The lowest BCUT2D eigenvalue weighted by atomic mass is 9.99. The van der Waals surface area contributed by atoms with E-state index in [9.17, 15) is 14.0 Å². The number of anilines is 1. The van der Waals surface area contributed by atoms with Gasteiger partial charge in [0.15, 0.2) is 0 Å². The van der Waals surface area contributed by atoms with Crippen LogP contribution in [0.3, 0.4) is 0 Å². The molecule has 2 aliphatic rings. The number of benzene rings is 1. The minimum absolute atomic E-state index is 0.158. The van der Waals surface area contributed by atoms with Crippen LogP contribution in [0.25, 0.3) is 0 Å². The molecule has 0 bridgehead atoms. The number of hydrogen-bond acceptors (Lipinski definition) is 3. The molecule has 1 atom stereocenters. The lowest BCUT2D eigenvalue weighted by Crippen LogP contribution is -2.43. The first kappa shape index (κ1) is 18.8. The van der Waals surface area contributed by atoms with E-state index in [0.717, 1.165) is 45.3 Å². The Bertz CT molecular complexity index is 637. The number of halogens is 1. The summed E-state index contributed by atoms with van der Waals surface area (Å²) in [6.07, 6.45) is 6.46. The molecule has 2 amide bonds. The van der Waals surface area contributed by atoms with Gasteiger partial charge in [-0.2, -0.15) is 0 Å². The third kappa shape index (κ3) is 5.04. The maximum absolute atomic E-state index is 13.6. The number of para-hydroxylation sites is 1. The molecule has 2 saturated heterocycles. The molecule has 0 spiro atoms. The van der Waals surface area contributed by atoms with Crippen molar-refractivity contribution in [3.63, 3.8) is 0 Å². The number of nitrogens with one attached hydrogen (secondary N) is 1. The normalized spacial score (nSPS) is 21.2. The summed E-state index contributed by atoms with van der Waals surface area (Å²) in [5.41, 5.74) is 0.236. The van der Waals surface area contributed by atoms with Gasteiger partial charge >= 0.3 is 0 Å². The Hall–Kier alpha value is -1.95. The van der Waals surface area contributed by atoms with Crippen molar-refractivity contribution in [3.8, 4) is 0 Å². The van der Waals surface area contributed by atoms with Crippen LogP contribution in [0, 0.1) is 5.82 Å². The molecule has 2 fully saturated rings. The molecule has 5 nitrogen and oxygen atoms in total. The molecule has 1 aromatic rings. The molecule has 6 heteroatoms. The molecule has 3 rings (SSSR count). The number of carbonyl (C=O) groups is 2. The summed E-state index contributed by atoms with van der Waals surface area (Å²) in [6, 6.07) is 6.66. The summed E-state index contributed by atoms with van der Waals surface area (Å²) in [5, 5.41) is 2.65. The third-order valence-corrected chi connectivity index (χ3v) is 5.43. The third-order valence-electron chi connectivity index (χ3n) is 5.43. The minimum atomic E-state index is -0.410. The van der Waals surface area contributed by atoms with Crippen LogP contribution in [-0.4, -0.2) is 53.8 Å². The van der Waals surface area contributed by atoms with Gasteiger partial charge in [0, 0.05) is 38.5 Å². The fraction of sp³-hybridized carbons (Fsp3) is 0.600. The number of rotatable bonds is 7. The second-order valence-corrected chi connectivity index (χ2v) is 7.24. The van der Waals surface area contributed by atoms with Crippen LogP contribution in [-0.2, 0) is 9.59 Å². The fourth-order valence-corrected chi connectivity index (χ4v) is 3.95. The van der Waals surface area contributed by atoms with Crippen molar-refractivity contribution >= 4 is 17.5 Å². The number of carbonyl (C=O) groups excluding carboxylic acids is 2. The second-order valence-electron chi connectivity index (χ2n) is 7.24. The van der Waals surface area contributed by atoms with Crippen LogP contribution in [0.4, 0.5) is 10.1 Å². The van der Waals surface area contributed by atoms with E-state index in [2.05, 4.69) is 10.2 Å². The summed E-state index contributed by atoms with van der Waals surface area (Å²) in [4.78, 5) is 28.3. The zero-order valence-electron chi connectivity index (χ0n) is 15.3. The van der Waals surface area contributed by atoms with Gasteiger partial charge in [-0.25, -0.2) is 4.39 Å². The summed E-state index contributed by atoms with van der Waals surface area (Å²) >= 11 is 0. The summed E-state index contributed by atoms with van der Waals surface area (Å²) in [5.74, 6) is -0.294. The number of hydrogen-bond donors (Lipinski definition) is 1. The number of likely N-dealkylation sites (tertiary alicyclic amines) is 2. The maximum Gasteiger partial charge on any atom is 0.225 e. The smallest absolute Gasteiger partial charge is 0.225 e. The van der Waals surface area contributed by atoms with Crippen LogP contribution in [0.2, 0.25) is 0 Å². The molecule has 0 aromatic heterocycles. The fourth-order valence-electron chi connectivity index (χ4n) is 3.95. The van der Waals surface area contributed by atoms with Gasteiger partial charge in [0.2, 0.25) is 11.8 Å². The first-order valence-electron chi connectivity index (χ1n) is 9.69. The van der Waals surface area contributed by atoms with Crippen molar-refractivity contribution in [1.29, 1.82) is 0 Å². The largest absolute Gasteiger partial charge is 0.343 e. The molecule has 142 valence electrons. The predicted molar refractivity (Wildman–Crippen MR) is 99.3 cm³/mol. The van der Waals surface area contributed by atoms with Gasteiger partial charge in [0.05, 0.1) is 5.69 Å². The molecule has 2 aliphatic heterocycles. The highest BCUT2D eigenvalue weighted by Gasteiger charge is 2.26. The van der Waals surface area contributed by atoms with Crippen LogP contribution < -0.4 is 5.32 Å².